The van der Waals surface area contributed by atoms with Crippen molar-refractivity contribution in [1.29, 1.82) is 0 Å². The van der Waals surface area contributed by atoms with Crippen LogP contribution in [0.1, 0.15) is 13.3 Å². The van der Waals surface area contributed by atoms with E-state index in [4.69, 9.17) is 0 Å². The molecule has 1 aromatic rings. The van der Waals surface area contributed by atoms with E-state index in [0.29, 0.717) is 19.0 Å². The zero-order valence-corrected chi connectivity index (χ0v) is 17.5. The zero-order valence-electron chi connectivity index (χ0n) is 14.4. The minimum Gasteiger partial charge on any atom is -0.357 e. The number of nitrogens with zero attached hydrogens (tertiary/aromatic N) is 1. The molecule has 1 aliphatic rings. The van der Waals surface area contributed by atoms with E-state index in [1.807, 2.05) is 0 Å². The third kappa shape index (κ3) is 6.83. The molecule has 0 saturated carbocycles. The van der Waals surface area contributed by atoms with Gasteiger partial charge in [-0.3, -0.25) is 4.79 Å². The van der Waals surface area contributed by atoms with E-state index >= 15 is 0 Å². The van der Waals surface area contributed by atoms with Crippen molar-refractivity contribution in [2.45, 2.75) is 19.4 Å². The van der Waals surface area contributed by atoms with E-state index in [0.717, 1.165) is 6.07 Å². The predicted molar refractivity (Wildman–Crippen MR) is 107 cm³/mol. The number of sulfone groups is 1. The van der Waals surface area contributed by atoms with E-state index in [-0.39, 0.29) is 47.5 Å². The van der Waals surface area contributed by atoms with Crippen molar-refractivity contribution in [2.75, 3.05) is 29.9 Å². The first-order chi connectivity index (χ1) is 12.2. The topological polar surface area (TPSA) is 99.7 Å². The van der Waals surface area contributed by atoms with Crippen LogP contribution in [0.5, 0.6) is 0 Å². The van der Waals surface area contributed by atoms with Crippen molar-refractivity contribution in [3.05, 3.63) is 29.6 Å². The Labute approximate surface area is 172 Å². The number of aliphatic imine (C=N–C) groups is 1. The first-order valence-corrected chi connectivity index (χ1v) is 9.72. The molecule has 2 rings (SSSR count). The van der Waals surface area contributed by atoms with Gasteiger partial charge in [0.1, 0.15) is 6.54 Å². The summed E-state index contributed by atoms with van der Waals surface area (Å²) in [7, 11) is -3.07. The molecule has 1 heterocycles. The molecule has 1 amide bonds. The van der Waals surface area contributed by atoms with E-state index in [1.165, 1.54) is 0 Å². The van der Waals surface area contributed by atoms with Gasteiger partial charge < -0.3 is 16.0 Å². The van der Waals surface area contributed by atoms with Gasteiger partial charge in [-0.05, 0) is 25.5 Å². The monoisotopic (exact) mass is 520 g/mol. The van der Waals surface area contributed by atoms with E-state index in [9.17, 15) is 26.4 Å². The molecule has 152 valence electrons. The van der Waals surface area contributed by atoms with Gasteiger partial charge in [0, 0.05) is 12.6 Å². The van der Waals surface area contributed by atoms with Crippen molar-refractivity contribution in [3.8, 4) is 0 Å². The number of carbonyl (C=O) groups is 1. The van der Waals surface area contributed by atoms with E-state index in [2.05, 4.69) is 20.9 Å². The maximum atomic E-state index is 13.5. The highest BCUT2D eigenvalue weighted by Crippen LogP contribution is 2.19. The Morgan fingerprint density at radius 1 is 1.26 bits per heavy atom. The predicted octanol–water partition coefficient (Wildman–Crippen LogP) is 1.40. The van der Waals surface area contributed by atoms with Crippen molar-refractivity contribution in [3.63, 3.8) is 0 Å². The Hall–Kier alpha value is -1.57. The average molecular weight is 520 g/mol. The first kappa shape index (κ1) is 23.5. The lowest BCUT2D eigenvalue weighted by atomic mass is 10.2. The van der Waals surface area contributed by atoms with Crippen LogP contribution in [0.4, 0.5) is 18.9 Å². The molecule has 0 bridgehead atoms. The van der Waals surface area contributed by atoms with Gasteiger partial charge in [0.15, 0.2) is 33.2 Å². The van der Waals surface area contributed by atoms with Gasteiger partial charge in [-0.25, -0.2) is 26.6 Å². The minimum absolute atomic E-state index is 0. The molecule has 1 atom stereocenters. The average Bonchev–Trinajstić information content (AvgIpc) is 2.92. The molecule has 1 aromatic carbocycles. The molecule has 1 unspecified atom stereocenters. The van der Waals surface area contributed by atoms with Crippen LogP contribution in [-0.4, -0.2) is 50.9 Å². The van der Waals surface area contributed by atoms with Gasteiger partial charge in [0.05, 0.1) is 17.2 Å². The highest BCUT2D eigenvalue weighted by atomic mass is 127. The number of halogens is 4. The minimum atomic E-state index is -3.07. The summed E-state index contributed by atoms with van der Waals surface area (Å²) in [5, 5.41) is 7.88. The maximum Gasteiger partial charge on any atom is 0.246 e. The highest BCUT2D eigenvalue weighted by Gasteiger charge is 2.28. The van der Waals surface area contributed by atoms with Crippen LogP contribution in [0.25, 0.3) is 0 Å². The fraction of sp³-hybridized carbons (Fsp3) is 0.467. The van der Waals surface area contributed by atoms with Crippen molar-refractivity contribution in [1.82, 2.24) is 10.6 Å². The number of carbonyl (C=O) groups excluding carboxylic acids is 1. The van der Waals surface area contributed by atoms with Crippen molar-refractivity contribution >= 4 is 51.4 Å². The molecule has 1 aliphatic heterocycles. The number of anilines is 1. The number of rotatable bonds is 5. The van der Waals surface area contributed by atoms with Crippen LogP contribution >= 0.6 is 24.0 Å². The molecular weight excluding hydrogens is 500 g/mol. The van der Waals surface area contributed by atoms with Gasteiger partial charge in [0.2, 0.25) is 5.91 Å². The maximum absolute atomic E-state index is 13.5. The lowest BCUT2D eigenvalue weighted by Crippen LogP contribution is -2.44. The van der Waals surface area contributed by atoms with Crippen molar-refractivity contribution in [2.24, 2.45) is 4.99 Å². The summed E-state index contributed by atoms with van der Waals surface area (Å²) in [6, 6.07) is 1.29. The summed E-state index contributed by atoms with van der Waals surface area (Å²) in [5.41, 5.74) is -0.496. The van der Waals surface area contributed by atoms with E-state index < -0.39 is 45.4 Å². The smallest absolute Gasteiger partial charge is 0.246 e. The largest absolute Gasteiger partial charge is 0.357 e. The number of guanidine groups is 1. The molecule has 0 radical (unpaired) electrons. The molecule has 1 saturated heterocycles. The highest BCUT2D eigenvalue weighted by molar-refractivity contribution is 14.0. The molecule has 27 heavy (non-hydrogen) atoms. The van der Waals surface area contributed by atoms with E-state index in [1.54, 1.807) is 6.92 Å². The standard InChI is InChI=1S/C15H19F3N4O3S.HI/c1-2-19-15(21-9-5-6-26(24,25)8-9)20-7-12(23)22-11-4-3-10(16)13(17)14(11)18;/h3-4,9H,2,5-8H2,1H3,(H,22,23)(H2,19,20,21);1H. The Morgan fingerprint density at radius 2 is 1.96 bits per heavy atom. The van der Waals surface area contributed by atoms with Gasteiger partial charge >= 0.3 is 0 Å². The Kier molecular flexibility index (Phi) is 8.78. The normalized spacial score (nSPS) is 18.5. The zero-order chi connectivity index (χ0) is 19.3. The Morgan fingerprint density at radius 3 is 2.56 bits per heavy atom. The molecule has 12 heteroatoms. The number of hydrogen-bond acceptors (Lipinski definition) is 4. The lowest BCUT2D eigenvalue weighted by molar-refractivity contribution is -0.114. The molecular formula is C15H20F3IN4O3S. The van der Waals surface area contributed by atoms with Crippen LogP contribution in [-0.2, 0) is 14.6 Å². The third-order valence-electron chi connectivity index (χ3n) is 3.61. The van der Waals surface area contributed by atoms with Crippen LogP contribution < -0.4 is 16.0 Å². The third-order valence-corrected chi connectivity index (χ3v) is 5.38. The SMILES string of the molecule is CCNC(=NCC(=O)Nc1ccc(F)c(F)c1F)NC1CCS(=O)(=O)C1.I. The van der Waals surface area contributed by atoms with Gasteiger partial charge in [0.25, 0.3) is 0 Å². The Balaban J connectivity index is 0.00000364. The number of benzene rings is 1. The molecule has 1 fully saturated rings. The quantitative estimate of drug-likeness (QED) is 0.236. The van der Waals surface area contributed by atoms with Gasteiger partial charge in [-0.15, -0.1) is 24.0 Å². The number of hydrogen-bond donors (Lipinski definition) is 3. The summed E-state index contributed by atoms with van der Waals surface area (Å²) in [6.45, 7) is 1.84. The van der Waals surface area contributed by atoms with Crippen LogP contribution in [0, 0.1) is 17.5 Å². The van der Waals surface area contributed by atoms with Crippen molar-refractivity contribution < 1.29 is 26.4 Å². The second-order valence-corrected chi connectivity index (χ2v) is 7.94. The van der Waals surface area contributed by atoms with Crippen LogP contribution in [0.15, 0.2) is 17.1 Å². The summed E-state index contributed by atoms with van der Waals surface area (Å²) < 4.78 is 62.5. The molecule has 3 N–H and O–H groups in total. The summed E-state index contributed by atoms with van der Waals surface area (Å²) >= 11 is 0. The molecule has 0 aliphatic carbocycles. The molecule has 7 nitrogen and oxygen atoms in total. The van der Waals surface area contributed by atoms with Gasteiger partial charge in [-0.2, -0.15) is 0 Å². The van der Waals surface area contributed by atoms with Gasteiger partial charge in [-0.1, -0.05) is 0 Å². The number of amides is 1. The fourth-order valence-corrected chi connectivity index (χ4v) is 4.06. The molecule has 0 spiro atoms. The second kappa shape index (κ2) is 10.1. The summed E-state index contributed by atoms with van der Waals surface area (Å²) in [4.78, 5) is 15.8. The summed E-state index contributed by atoms with van der Waals surface area (Å²) in [6.07, 6.45) is 0.430. The Bertz CT molecular complexity index is 821. The first-order valence-electron chi connectivity index (χ1n) is 7.90. The fourth-order valence-electron chi connectivity index (χ4n) is 2.39. The summed E-state index contributed by atoms with van der Waals surface area (Å²) in [5.74, 6) is -4.98. The van der Waals surface area contributed by atoms with Crippen LogP contribution in [0.3, 0.4) is 0 Å². The molecule has 0 aromatic heterocycles. The van der Waals surface area contributed by atoms with Crippen LogP contribution in [0.2, 0.25) is 0 Å². The lowest BCUT2D eigenvalue weighted by Gasteiger charge is -2.15. The second-order valence-electron chi connectivity index (χ2n) is 5.71. The number of nitrogens with one attached hydrogen (secondary N) is 3.